The molecule has 1 fully saturated rings. The van der Waals surface area contributed by atoms with Crippen LogP contribution in [0.1, 0.15) is 34.7 Å². The molecule has 0 amide bonds. The minimum absolute atomic E-state index is 0.0497. The highest BCUT2D eigenvalue weighted by Crippen LogP contribution is 2.51. The summed E-state index contributed by atoms with van der Waals surface area (Å²) in [6.45, 7) is 0. The van der Waals surface area contributed by atoms with Crippen LogP contribution in [-0.2, 0) is 0 Å². The van der Waals surface area contributed by atoms with Crippen molar-refractivity contribution in [3.05, 3.63) is 108 Å². The second-order valence-electron chi connectivity index (χ2n) is 8.06. The molecule has 0 spiro atoms. The summed E-state index contributed by atoms with van der Waals surface area (Å²) in [6.07, 6.45) is 6.98. The minimum Gasteiger partial charge on any atom is -0.294 e. The Labute approximate surface area is 166 Å². The molecule has 28 heavy (non-hydrogen) atoms. The highest BCUT2D eigenvalue weighted by molar-refractivity contribution is 5.99. The van der Waals surface area contributed by atoms with E-state index >= 15 is 0 Å². The number of fused-ring (bicyclic) bond motifs is 2. The van der Waals surface area contributed by atoms with Gasteiger partial charge in [0, 0.05) is 17.4 Å². The molecule has 1 nitrogen and oxygen atoms in total. The maximum Gasteiger partial charge on any atom is 0.167 e. The van der Waals surface area contributed by atoms with E-state index in [-0.39, 0.29) is 5.92 Å². The lowest BCUT2D eigenvalue weighted by Gasteiger charge is -2.44. The molecule has 3 aliphatic rings. The number of hydrogen-bond acceptors (Lipinski definition) is 1. The lowest BCUT2D eigenvalue weighted by Crippen LogP contribution is -2.40. The summed E-state index contributed by atoms with van der Waals surface area (Å²) in [6, 6.07) is 29.1. The number of allylic oxidation sites excluding steroid dienone is 2. The molecule has 1 heteroatoms. The summed E-state index contributed by atoms with van der Waals surface area (Å²) >= 11 is 0. The van der Waals surface area contributed by atoms with Crippen molar-refractivity contribution in [1.82, 2.24) is 0 Å². The molecule has 0 radical (unpaired) electrons. The molecule has 4 atom stereocenters. The van der Waals surface area contributed by atoms with Gasteiger partial charge in [-0.25, -0.2) is 0 Å². The van der Waals surface area contributed by atoms with Gasteiger partial charge in [0.2, 0.25) is 0 Å². The van der Waals surface area contributed by atoms with Crippen LogP contribution in [0.25, 0.3) is 11.1 Å². The Morgan fingerprint density at radius 3 is 1.86 bits per heavy atom. The van der Waals surface area contributed by atoms with Gasteiger partial charge in [0.05, 0.1) is 0 Å². The molecule has 138 valence electrons. The van der Waals surface area contributed by atoms with Crippen molar-refractivity contribution in [2.75, 3.05) is 0 Å². The first kappa shape index (κ1) is 17.2. The van der Waals surface area contributed by atoms with E-state index in [0.717, 1.165) is 17.5 Å². The second-order valence-corrected chi connectivity index (χ2v) is 8.06. The summed E-state index contributed by atoms with van der Waals surface area (Å²) in [5.41, 5.74) is 4.48. The fourth-order valence-electron chi connectivity index (χ4n) is 5.13. The fourth-order valence-corrected chi connectivity index (χ4v) is 5.13. The average molecular weight is 364 g/mol. The monoisotopic (exact) mass is 364 g/mol. The van der Waals surface area contributed by atoms with E-state index in [1.54, 1.807) is 0 Å². The van der Waals surface area contributed by atoms with Gasteiger partial charge >= 0.3 is 0 Å². The lowest BCUT2D eigenvalue weighted by atomic mass is 9.58. The van der Waals surface area contributed by atoms with Gasteiger partial charge in [0.15, 0.2) is 5.78 Å². The summed E-state index contributed by atoms with van der Waals surface area (Å²) in [7, 11) is 0. The van der Waals surface area contributed by atoms with Crippen LogP contribution in [0.5, 0.6) is 0 Å². The van der Waals surface area contributed by atoms with Crippen LogP contribution in [0.3, 0.4) is 0 Å². The van der Waals surface area contributed by atoms with Gasteiger partial charge in [-0.1, -0.05) is 97.1 Å². The van der Waals surface area contributed by atoms with E-state index in [2.05, 4.69) is 66.7 Å². The molecule has 0 saturated heterocycles. The highest BCUT2D eigenvalue weighted by atomic mass is 16.1. The molecule has 0 N–H and O–H groups in total. The fraction of sp³-hybridized carbons (Fsp3) is 0.222. The predicted molar refractivity (Wildman–Crippen MR) is 114 cm³/mol. The summed E-state index contributed by atoms with van der Waals surface area (Å²) in [5.74, 6) is 1.48. The summed E-state index contributed by atoms with van der Waals surface area (Å²) in [5, 5.41) is 0. The number of Topliss-reactive ketones (excluding diaryl/α,β-unsaturated/α-hetero) is 1. The van der Waals surface area contributed by atoms with Gasteiger partial charge in [-0.15, -0.1) is 0 Å². The third-order valence-electron chi connectivity index (χ3n) is 6.51. The van der Waals surface area contributed by atoms with E-state index < -0.39 is 0 Å². The van der Waals surface area contributed by atoms with Crippen molar-refractivity contribution in [3.8, 4) is 11.1 Å². The van der Waals surface area contributed by atoms with Crippen LogP contribution in [0.2, 0.25) is 0 Å². The van der Waals surface area contributed by atoms with E-state index in [9.17, 15) is 4.79 Å². The van der Waals surface area contributed by atoms with Crippen molar-refractivity contribution in [3.63, 3.8) is 0 Å². The number of rotatable bonds is 4. The molecule has 3 aromatic rings. The first-order valence-corrected chi connectivity index (χ1v) is 10.2. The Kier molecular flexibility index (Phi) is 4.44. The minimum atomic E-state index is 0.0497. The Hall–Kier alpha value is -2.93. The molecule has 0 aliphatic heterocycles. The lowest BCUT2D eigenvalue weighted by molar-refractivity contribution is 0.0770. The number of benzene rings is 3. The Bertz CT molecular complexity index is 985. The SMILES string of the molecule is O=C(c1ccc(-c2ccccc2)cc1)[C@H]1C2C=CC(CC2)C1c1ccccc1. The molecular formula is C27H24O. The zero-order valence-electron chi connectivity index (χ0n) is 15.9. The van der Waals surface area contributed by atoms with Crippen molar-refractivity contribution in [2.24, 2.45) is 17.8 Å². The molecule has 6 rings (SSSR count). The first-order valence-electron chi connectivity index (χ1n) is 10.2. The summed E-state index contributed by atoms with van der Waals surface area (Å²) in [4.78, 5) is 13.6. The predicted octanol–water partition coefficient (Wildman–Crippen LogP) is 6.53. The van der Waals surface area contributed by atoms with Crippen LogP contribution >= 0.6 is 0 Å². The number of ketones is 1. The largest absolute Gasteiger partial charge is 0.294 e. The number of carbonyl (C=O) groups excluding carboxylic acids is 1. The molecule has 0 heterocycles. The highest BCUT2D eigenvalue weighted by Gasteiger charge is 2.45. The number of hydrogen-bond donors (Lipinski definition) is 0. The third kappa shape index (κ3) is 3.01. The zero-order chi connectivity index (χ0) is 18.9. The normalized spacial score (nSPS) is 25.6. The van der Waals surface area contributed by atoms with Crippen LogP contribution in [0.4, 0.5) is 0 Å². The molecular weight excluding hydrogens is 340 g/mol. The van der Waals surface area contributed by atoms with Crippen molar-refractivity contribution in [2.45, 2.75) is 18.8 Å². The summed E-state index contributed by atoms with van der Waals surface area (Å²) < 4.78 is 0. The van der Waals surface area contributed by atoms with Crippen molar-refractivity contribution < 1.29 is 4.79 Å². The Balaban J connectivity index is 1.47. The van der Waals surface area contributed by atoms with Gasteiger partial charge in [0.25, 0.3) is 0 Å². The molecule has 2 bridgehead atoms. The van der Waals surface area contributed by atoms with E-state index in [1.165, 1.54) is 17.5 Å². The maximum atomic E-state index is 13.6. The molecule has 3 aliphatic carbocycles. The Morgan fingerprint density at radius 1 is 0.643 bits per heavy atom. The van der Waals surface area contributed by atoms with Gasteiger partial charge in [-0.05, 0) is 41.4 Å². The van der Waals surface area contributed by atoms with Crippen LogP contribution in [0, 0.1) is 17.8 Å². The maximum absolute atomic E-state index is 13.6. The topological polar surface area (TPSA) is 17.1 Å². The molecule has 3 aromatic carbocycles. The van der Waals surface area contributed by atoms with Gasteiger partial charge < -0.3 is 0 Å². The van der Waals surface area contributed by atoms with Crippen LogP contribution in [0.15, 0.2) is 97.1 Å². The molecule has 1 saturated carbocycles. The smallest absolute Gasteiger partial charge is 0.167 e. The standard InChI is InChI=1S/C27H24O/c28-27(24-17-11-20(12-18-24)19-7-3-1-4-8-19)26-23-15-13-22(14-16-23)25(26)21-9-5-2-6-10-21/h1-13,15,17-18,22-23,25-26H,14,16H2/t22?,23?,25?,26-/m0/s1. The quantitative estimate of drug-likeness (QED) is 0.380. The van der Waals surface area contributed by atoms with Crippen LogP contribution < -0.4 is 0 Å². The van der Waals surface area contributed by atoms with Gasteiger partial charge in [-0.2, -0.15) is 0 Å². The number of carbonyl (C=O) groups is 1. The first-order chi connectivity index (χ1) is 13.8. The van der Waals surface area contributed by atoms with Gasteiger partial charge in [-0.3, -0.25) is 4.79 Å². The third-order valence-corrected chi connectivity index (χ3v) is 6.51. The van der Waals surface area contributed by atoms with Gasteiger partial charge in [0.1, 0.15) is 0 Å². The van der Waals surface area contributed by atoms with Crippen LogP contribution in [-0.4, -0.2) is 5.78 Å². The van der Waals surface area contributed by atoms with E-state index in [0.29, 0.717) is 23.5 Å². The average Bonchev–Trinajstić information content (AvgIpc) is 2.80. The molecule has 3 unspecified atom stereocenters. The van der Waals surface area contributed by atoms with E-state index in [4.69, 9.17) is 0 Å². The Morgan fingerprint density at radius 2 is 1.21 bits per heavy atom. The van der Waals surface area contributed by atoms with E-state index in [1.807, 2.05) is 30.3 Å². The zero-order valence-corrected chi connectivity index (χ0v) is 15.9. The molecule has 0 aromatic heterocycles. The van der Waals surface area contributed by atoms with Crippen molar-refractivity contribution >= 4 is 5.78 Å². The van der Waals surface area contributed by atoms with Crippen molar-refractivity contribution in [1.29, 1.82) is 0 Å². The second kappa shape index (κ2) is 7.24.